The van der Waals surface area contributed by atoms with E-state index in [0.717, 1.165) is 12.8 Å². The number of rotatable bonds is 6. The second-order valence-corrected chi connectivity index (χ2v) is 4.62. The second kappa shape index (κ2) is 6.28. The highest BCUT2D eigenvalue weighted by atomic mass is 16.4. The molecule has 0 fully saturated rings. The minimum Gasteiger partial charge on any atom is -0.478 e. The van der Waals surface area contributed by atoms with Crippen molar-refractivity contribution in [2.75, 3.05) is 11.1 Å². The van der Waals surface area contributed by atoms with Crippen LogP contribution in [0.1, 0.15) is 44.0 Å². The standard InChI is InChI=1S/C14H22N2O2/c1-4-10(5-2)9(3)16-13-8-11(15)6-7-12(13)14(17)18/h6-10,16H,4-5,15H2,1-3H3,(H,17,18). The highest BCUT2D eigenvalue weighted by Crippen LogP contribution is 2.23. The average Bonchev–Trinajstić information content (AvgIpc) is 2.30. The van der Waals surface area contributed by atoms with E-state index in [1.54, 1.807) is 18.2 Å². The lowest BCUT2D eigenvalue weighted by molar-refractivity contribution is 0.0698. The van der Waals surface area contributed by atoms with Crippen molar-refractivity contribution in [3.63, 3.8) is 0 Å². The summed E-state index contributed by atoms with van der Waals surface area (Å²) in [5.74, 6) is -0.415. The Bertz CT molecular complexity index is 414. The van der Waals surface area contributed by atoms with E-state index in [0.29, 0.717) is 17.3 Å². The summed E-state index contributed by atoms with van der Waals surface area (Å²) in [6.07, 6.45) is 2.13. The van der Waals surface area contributed by atoms with Gasteiger partial charge in [0.1, 0.15) is 0 Å². The quantitative estimate of drug-likeness (QED) is 0.678. The molecule has 0 saturated heterocycles. The Hall–Kier alpha value is -1.71. The monoisotopic (exact) mass is 250 g/mol. The number of hydrogen-bond donors (Lipinski definition) is 3. The highest BCUT2D eigenvalue weighted by Gasteiger charge is 2.17. The normalized spacial score (nSPS) is 12.4. The van der Waals surface area contributed by atoms with Crippen LogP contribution in [0.5, 0.6) is 0 Å². The lowest BCUT2D eigenvalue weighted by Gasteiger charge is -2.24. The molecule has 0 saturated carbocycles. The molecule has 0 radical (unpaired) electrons. The Balaban J connectivity index is 2.95. The molecule has 4 N–H and O–H groups in total. The number of anilines is 2. The third kappa shape index (κ3) is 3.39. The van der Waals surface area contributed by atoms with Crippen molar-refractivity contribution in [3.05, 3.63) is 23.8 Å². The smallest absolute Gasteiger partial charge is 0.337 e. The lowest BCUT2D eigenvalue weighted by Crippen LogP contribution is -2.26. The van der Waals surface area contributed by atoms with Gasteiger partial charge in [0.2, 0.25) is 0 Å². The van der Waals surface area contributed by atoms with Crippen molar-refractivity contribution in [2.45, 2.75) is 39.7 Å². The number of benzene rings is 1. The van der Waals surface area contributed by atoms with E-state index in [-0.39, 0.29) is 11.6 Å². The molecule has 0 spiro atoms. The molecule has 0 aromatic heterocycles. The fourth-order valence-electron chi connectivity index (χ4n) is 2.23. The zero-order valence-electron chi connectivity index (χ0n) is 11.2. The molecule has 0 bridgehead atoms. The van der Waals surface area contributed by atoms with Crippen LogP contribution in [0.2, 0.25) is 0 Å². The first-order chi connectivity index (χ1) is 8.49. The maximum atomic E-state index is 11.1. The van der Waals surface area contributed by atoms with Crippen LogP contribution in [-0.4, -0.2) is 17.1 Å². The van der Waals surface area contributed by atoms with Gasteiger partial charge >= 0.3 is 5.97 Å². The molecule has 1 rings (SSSR count). The van der Waals surface area contributed by atoms with Crippen LogP contribution in [0, 0.1) is 5.92 Å². The van der Waals surface area contributed by atoms with Gasteiger partial charge in [-0.1, -0.05) is 26.7 Å². The molecule has 0 amide bonds. The fraction of sp³-hybridized carbons (Fsp3) is 0.500. The van der Waals surface area contributed by atoms with E-state index in [2.05, 4.69) is 26.1 Å². The van der Waals surface area contributed by atoms with E-state index >= 15 is 0 Å². The third-order valence-electron chi connectivity index (χ3n) is 3.41. The maximum absolute atomic E-state index is 11.1. The van der Waals surface area contributed by atoms with E-state index in [1.165, 1.54) is 0 Å². The predicted molar refractivity (Wildman–Crippen MR) is 75.0 cm³/mol. The van der Waals surface area contributed by atoms with Crippen molar-refractivity contribution < 1.29 is 9.90 Å². The molecule has 4 nitrogen and oxygen atoms in total. The minimum absolute atomic E-state index is 0.222. The molecular weight excluding hydrogens is 228 g/mol. The number of carbonyl (C=O) groups is 1. The van der Waals surface area contributed by atoms with Gasteiger partial charge in [-0.2, -0.15) is 0 Å². The van der Waals surface area contributed by atoms with E-state index in [9.17, 15) is 4.79 Å². The van der Waals surface area contributed by atoms with Gasteiger partial charge in [0.05, 0.1) is 11.3 Å². The zero-order chi connectivity index (χ0) is 13.7. The van der Waals surface area contributed by atoms with Crippen LogP contribution >= 0.6 is 0 Å². The number of hydrogen-bond acceptors (Lipinski definition) is 3. The van der Waals surface area contributed by atoms with Crippen molar-refractivity contribution in [2.24, 2.45) is 5.92 Å². The highest BCUT2D eigenvalue weighted by molar-refractivity contribution is 5.95. The number of nitrogens with one attached hydrogen (secondary N) is 1. The van der Waals surface area contributed by atoms with E-state index in [4.69, 9.17) is 10.8 Å². The van der Waals surface area contributed by atoms with Gasteiger partial charge in [0.25, 0.3) is 0 Å². The van der Waals surface area contributed by atoms with Gasteiger partial charge in [-0.25, -0.2) is 4.79 Å². The van der Waals surface area contributed by atoms with Crippen LogP contribution in [0.25, 0.3) is 0 Å². The van der Waals surface area contributed by atoms with Crippen molar-refractivity contribution in [1.82, 2.24) is 0 Å². The summed E-state index contributed by atoms with van der Waals surface area (Å²) >= 11 is 0. The molecule has 4 heteroatoms. The maximum Gasteiger partial charge on any atom is 0.337 e. The van der Waals surface area contributed by atoms with E-state index in [1.807, 2.05) is 0 Å². The third-order valence-corrected chi connectivity index (χ3v) is 3.41. The van der Waals surface area contributed by atoms with Crippen LogP contribution in [0.15, 0.2) is 18.2 Å². The Labute approximate surface area is 108 Å². The number of carboxylic acid groups (broad SMARTS) is 1. The molecule has 18 heavy (non-hydrogen) atoms. The molecular formula is C14H22N2O2. The van der Waals surface area contributed by atoms with Gasteiger partial charge < -0.3 is 16.2 Å². The van der Waals surface area contributed by atoms with Crippen LogP contribution in [0.3, 0.4) is 0 Å². The first-order valence-corrected chi connectivity index (χ1v) is 6.38. The first kappa shape index (κ1) is 14.4. The number of aromatic carboxylic acids is 1. The summed E-state index contributed by atoms with van der Waals surface area (Å²) in [6, 6.07) is 5.05. The fourth-order valence-corrected chi connectivity index (χ4v) is 2.23. The Morgan fingerprint density at radius 2 is 2.00 bits per heavy atom. The molecule has 0 aliphatic carbocycles. The first-order valence-electron chi connectivity index (χ1n) is 6.38. The summed E-state index contributed by atoms with van der Waals surface area (Å²) in [5, 5.41) is 12.4. The second-order valence-electron chi connectivity index (χ2n) is 4.62. The molecule has 0 aliphatic heterocycles. The number of nitrogen functional groups attached to an aromatic ring is 1. The molecule has 1 aromatic rings. The Morgan fingerprint density at radius 1 is 1.39 bits per heavy atom. The van der Waals surface area contributed by atoms with Crippen LogP contribution in [-0.2, 0) is 0 Å². The Morgan fingerprint density at radius 3 is 2.50 bits per heavy atom. The van der Waals surface area contributed by atoms with Gasteiger partial charge in [-0.05, 0) is 31.0 Å². The topological polar surface area (TPSA) is 75.3 Å². The number of carboxylic acids is 1. The number of nitrogens with two attached hydrogens (primary N) is 1. The summed E-state index contributed by atoms with van der Waals surface area (Å²) in [4.78, 5) is 11.1. The van der Waals surface area contributed by atoms with Crippen LogP contribution in [0.4, 0.5) is 11.4 Å². The molecule has 0 aliphatic rings. The molecule has 1 unspecified atom stereocenters. The lowest BCUT2D eigenvalue weighted by atomic mass is 9.95. The summed E-state index contributed by atoms with van der Waals surface area (Å²) in [6.45, 7) is 6.36. The van der Waals surface area contributed by atoms with E-state index < -0.39 is 5.97 Å². The summed E-state index contributed by atoms with van der Waals surface area (Å²) < 4.78 is 0. The molecule has 100 valence electrons. The van der Waals surface area contributed by atoms with Gasteiger partial charge in [0.15, 0.2) is 0 Å². The molecule has 0 heterocycles. The summed E-state index contributed by atoms with van der Waals surface area (Å²) in [7, 11) is 0. The predicted octanol–water partition coefficient (Wildman–Crippen LogP) is 3.20. The zero-order valence-corrected chi connectivity index (χ0v) is 11.2. The largest absolute Gasteiger partial charge is 0.478 e. The molecule has 1 aromatic carbocycles. The summed E-state index contributed by atoms with van der Waals surface area (Å²) in [5.41, 5.74) is 7.15. The van der Waals surface area contributed by atoms with Crippen molar-refractivity contribution in [3.8, 4) is 0 Å². The SMILES string of the molecule is CCC(CC)C(C)Nc1cc(N)ccc1C(=O)O. The van der Waals surface area contributed by atoms with Gasteiger partial charge in [-0.3, -0.25) is 0 Å². The Kier molecular flexibility index (Phi) is 5.01. The van der Waals surface area contributed by atoms with Gasteiger partial charge in [0, 0.05) is 11.7 Å². The minimum atomic E-state index is -0.936. The van der Waals surface area contributed by atoms with Crippen molar-refractivity contribution >= 4 is 17.3 Å². The van der Waals surface area contributed by atoms with Crippen molar-refractivity contribution in [1.29, 1.82) is 0 Å². The van der Waals surface area contributed by atoms with Crippen LogP contribution < -0.4 is 11.1 Å². The average molecular weight is 250 g/mol. The van der Waals surface area contributed by atoms with Gasteiger partial charge in [-0.15, -0.1) is 0 Å². The molecule has 1 atom stereocenters.